The number of aromatic nitrogens is 1. The quantitative estimate of drug-likeness (QED) is 0.850. The van der Waals surface area contributed by atoms with Crippen molar-refractivity contribution in [3.8, 4) is 0 Å². The highest BCUT2D eigenvalue weighted by atomic mass is 16.4. The van der Waals surface area contributed by atoms with Crippen LogP contribution in [-0.4, -0.2) is 39.9 Å². The predicted molar refractivity (Wildman–Crippen MR) is 72.6 cm³/mol. The number of carbonyl (C=O) groups is 1. The maximum absolute atomic E-state index is 11.3. The number of carboxylic acid groups (broad SMARTS) is 1. The molecule has 0 amide bonds. The van der Waals surface area contributed by atoms with Crippen LogP contribution in [0.3, 0.4) is 0 Å². The first-order valence-electron chi connectivity index (χ1n) is 6.32. The molecule has 5 heteroatoms. The second-order valence-electron chi connectivity index (χ2n) is 6.14. The van der Waals surface area contributed by atoms with Gasteiger partial charge in [0.2, 0.25) is 0 Å². The van der Waals surface area contributed by atoms with Gasteiger partial charge in [0.1, 0.15) is 11.4 Å². The van der Waals surface area contributed by atoms with E-state index in [2.05, 4.69) is 4.98 Å². The Kier molecular flexibility index (Phi) is 3.05. The molecule has 2 heterocycles. The van der Waals surface area contributed by atoms with Crippen molar-refractivity contribution in [2.75, 3.05) is 18.0 Å². The third-order valence-corrected chi connectivity index (χ3v) is 4.09. The van der Waals surface area contributed by atoms with Gasteiger partial charge in [-0.25, -0.2) is 9.78 Å². The van der Waals surface area contributed by atoms with Gasteiger partial charge in [0, 0.05) is 24.2 Å². The lowest BCUT2D eigenvalue weighted by Crippen LogP contribution is -2.40. The highest BCUT2D eigenvalue weighted by Crippen LogP contribution is 2.40. The minimum Gasteiger partial charge on any atom is -0.478 e. The Hall–Kier alpha value is -1.62. The number of β-amino-alcohol motifs (C(OH)–C–C–N with tert-alkyl or cyclic N) is 1. The molecule has 1 aromatic rings. The van der Waals surface area contributed by atoms with Crippen LogP contribution in [0.4, 0.5) is 5.82 Å². The summed E-state index contributed by atoms with van der Waals surface area (Å²) in [7, 11) is 0. The monoisotopic (exact) mass is 264 g/mol. The first-order chi connectivity index (χ1) is 8.64. The maximum Gasteiger partial charge on any atom is 0.339 e. The third kappa shape index (κ3) is 2.30. The largest absolute Gasteiger partial charge is 0.478 e. The smallest absolute Gasteiger partial charge is 0.339 e. The van der Waals surface area contributed by atoms with Crippen LogP contribution >= 0.6 is 0 Å². The molecule has 1 fully saturated rings. The average molecular weight is 264 g/mol. The summed E-state index contributed by atoms with van der Waals surface area (Å²) in [6.07, 6.45) is 0. The van der Waals surface area contributed by atoms with E-state index in [1.807, 2.05) is 25.7 Å². The lowest BCUT2D eigenvalue weighted by atomic mass is 9.79. The molecular weight excluding hydrogens is 244 g/mol. The van der Waals surface area contributed by atoms with E-state index in [-0.39, 0.29) is 11.0 Å². The average Bonchev–Trinajstić information content (AvgIpc) is 2.47. The van der Waals surface area contributed by atoms with Crippen LogP contribution in [0.5, 0.6) is 0 Å². The lowest BCUT2D eigenvalue weighted by Gasteiger charge is -2.30. The SMILES string of the molecule is Cc1ccc(C(=O)O)c(N2CC(C)(C)[C@@](C)(O)C2)n1. The van der Waals surface area contributed by atoms with E-state index in [0.29, 0.717) is 18.9 Å². The van der Waals surface area contributed by atoms with Crippen LogP contribution in [0.1, 0.15) is 36.8 Å². The number of aliphatic hydroxyl groups is 1. The van der Waals surface area contributed by atoms with E-state index in [1.54, 1.807) is 19.1 Å². The van der Waals surface area contributed by atoms with E-state index in [4.69, 9.17) is 0 Å². The number of carboxylic acids is 1. The molecule has 0 bridgehead atoms. The Balaban J connectivity index is 2.44. The van der Waals surface area contributed by atoms with E-state index in [9.17, 15) is 15.0 Å². The number of pyridine rings is 1. The fourth-order valence-corrected chi connectivity index (χ4v) is 2.39. The van der Waals surface area contributed by atoms with Crippen LogP contribution in [-0.2, 0) is 0 Å². The zero-order chi connectivity index (χ0) is 14.4. The molecule has 0 saturated carbocycles. The molecule has 1 aromatic heterocycles. The van der Waals surface area contributed by atoms with Crippen molar-refractivity contribution in [1.82, 2.24) is 4.98 Å². The van der Waals surface area contributed by atoms with Crippen molar-refractivity contribution in [2.45, 2.75) is 33.3 Å². The molecule has 0 aliphatic carbocycles. The molecule has 1 atom stereocenters. The van der Waals surface area contributed by atoms with Gasteiger partial charge in [-0.15, -0.1) is 0 Å². The van der Waals surface area contributed by atoms with Crippen molar-refractivity contribution in [1.29, 1.82) is 0 Å². The van der Waals surface area contributed by atoms with Crippen molar-refractivity contribution in [2.24, 2.45) is 5.41 Å². The van der Waals surface area contributed by atoms with Crippen LogP contribution in [0, 0.1) is 12.3 Å². The molecule has 0 unspecified atom stereocenters. The third-order valence-electron chi connectivity index (χ3n) is 4.09. The predicted octanol–water partition coefficient (Wildman–Crippen LogP) is 1.69. The second-order valence-corrected chi connectivity index (χ2v) is 6.14. The fourth-order valence-electron chi connectivity index (χ4n) is 2.39. The van der Waals surface area contributed by atoms with Gasteiger partial charge in [0.25, 0.3) is 0 Å². The fraction of sp³-hybridized carbons (Fsp3) is 0.571. The molecule has 1 aliphatic rings. The van der Waals surface area contributed by atoms with Crippen molar-refractivity contribution in [3.05, 3.63) is 23.4 Å². The Bertz CT molecular complexity index is 507. The van der Waals surface area contributed by atoms with Crippen molar-refractivity contribution in [3.63, 3.8) is 0 Å². The zero-order valence-electron chi connectivity index (χ0n) is 11.8. The normalized spacial score (nSPS) is 25.6. The van der Waals surface area contributed by atoms with E-state index in [0.717, 1.165) is 5.69 Å². The van der Waals surface area contributed by atoms with Crippen LogP contribution in [0.15, 0.2) is 12.1 Å². The lowest BCUT2D eigenvalue weighted by molar-refractivity contribution is -0.00892. The molecule has 104 valence electrons. The summed E-state index contributed by atoms with van der Waals surface area (Å²) < 4.78 is 0. The van der Waals surface area contributed by atoms with Crippen molar-refractivity contribution < 1.29 is 15.0 Å². The van der Waals surface area contributed by atoms with Gasteiger partial charge >= 0.3 is 5.97 Å². The summed E-state index contributed by atoms with van der Waals surface area (Å²) in [5.74, 6) is -0.551. The van der Waals surface area contributed by atoms with Crippen LogP contribution in [0.25, 0.3) is 0 Å². The molecule has 0 radical (unpaired) electrons. The number of hydrogen-bond donors (Lipinski definition) is 2. The zero-order valence-corrected chi connectivity index (χ0v) is 11.8. The number of nitrogens with zero attached hydrogens (tertiary/aromatic N) is 2. The highest BCUT2D eigenvalue weighted by Gasteiger charge is 2.48. The number of rotatable bonds is 2. The van der Waals surface area contributed by atoms with Gasteiger partial charge in [-0.2, -0.15) is 0 Å². The standard InChI is InChI=1S/C14H20N2O3/c1-9-5-6-10(12(17)18)11(15-9)16-7-13(2,3)14(4,19)8-16/h5-6,19H,7-8H2,1-4H3,(H,17,18)/t14-/m0/s1. The van der Waals surface area contributed by atoms with E-state index in [1.165, 1.54) is 0 Å². The molecule has 0 aromatic carbocycles. The topological polar surface area (TPSA) is 73.7 Å². The number of anilines is 1. The van der Waals surface area contributed by atoms with Gasteiger partial charge in [-0.1, -0.05) is 13.8 Å². The van der Waals surface area contributed by atoms with Gasteiger partial charge < -0.3 is 15.1 Å². The molecule has 2 rings (SSSR count). The Morgan fingerprint density at radius 3 is 2.42 bits per heavy atom. The molecule has 0 spiro atoms. The molecule has 1 aliphatic heterocycles. The Morgan fingerprint density at radius 1 is 1.32 bits per heavy atom. The Labute approximate surface area is 112 Å². The minimum absolute atomic E-state index is 0.180. The van der Waals surface area contributed by atoms with E-state index < -0.39 is 11.6 Å². The van der Waals surface area contributed by atoms with Gasteiger partial charge in [0.15, 0.2) is 0 Å². The van der Waals surface area contributed by atoms with Crippen molar-refractivity contribution >= 4 is 11.8 Å². The van der Waals surface area contributed by atoms with E-state index >= 15 is 0 Å². The summed E-state index contributed by atoms with van der Waals surface area (Å²) in [5, 5.41) is 19.7. The summed E-state index contributed by atoms with van der Waals surface area (Å²) in [6, 6.07) is 3.26. The summed E-state index contributed by atoms with van der Waals surface area (Å²) in [4.78, 5) is 17.5. The summed E-state index contributed by atoms with van der Waals surface area (Å²) in [5.41, 5.74) is -0.231. The number of aryl methyl sites for hydroxylation is 1. The number of hydrogen-bond acceptors (Lipinski definition) is 4. The summed E-state index contributed by atoms with van der Waals surface area (Å²) >= 11 is 0. The molecule has 19 heavy (non-hydrogen) atoms. The molecular formula is C14H20N2O3. The van der Waals surface area contributed by atoms with Crippen LogP contribution < -0.4 is 4.90 Å². The van der Waals surface area contributed by atoms with Gasteiger partial charge in [0.05, 0.1) is 5.60 Å². The number of aromatic carboxylic acids is 1. The maximum atomic E-state index is 11.3. The summed E-state index contributed by atoms with van der Waals surface area (Å²) in [6.45, 7) is 8.53. The molecule has 5 nitrogen and oxygen atoms in total. The van der Waals surface area contributed by atoms with Crippen LogP contribution in [0.2, 0.25) is 0 Å². The molecule has 2 N–H and O–H groups in total. The first-order valence-corrected chi connectivity index (χ1v) is 6.32. The minimum atomic E-state index is -0.994. The Morgan fingerprint density at radius 2 is 1.95 bits per heavy atom. The van der Waals surface area contributed by atoms with Gasteiger partial charge in [-0.3, -0.25) is 0 Å². The first kappa shape index (κ1) is 13.8. The highest BCUT2D eigenvalue weighted by molar-refractivity contribution is 5.93. The second kappa shape index (κ2) is 4.20. The van der Waals surface area contributed by atoms with Gasteiger partial charge in [-0.05, 0) is 26.0 Å². The molecule has 1 saturated heterocycles.